The Kier molecular flexibility index (Phi) is 5.73. The van der Waals surface area contributed by atoms with Gasteiger partial charge in [-0.25, -0.2) is 9.59 Å². The topological polar surface area (TPSA) is 78.6 Å². The van der Waals surface area contributed by atoms with Crippen molar-refractivity contribution >= 4 is 11.9 Å². The highest BCUT2D eigenvalue weighted by atomic mass is 16.5. The van der Waals surface area contributed by atoms with Crippen molar-refractivity contribution in [3.63, 3.8) is 0 Å². The van der Waals surface area contributed by atoms with Gasteiger partial charge in [-0.05, 0) is 30.2 Å². The molecule has 2 N–H and O–H groups in total. The Morgan fingerprint density at radius 2 is 1.58 bits per heavy atom. The molecule has 0 bridgehead atoms. The van der Waals surface area contributed by atoms with Gasteiger partial charge in [-0.2, -0.15) is 0 Å². The maximum Gasteiger partial charge on any atom is 0.338 e. The zero-order valence-electron chi connectivity index (χ0n) is 13.6. The maximum atomic E-state index is 12.1. The van der Waals surface area contributed by atoms with E-state index >= 15 is 0 Å². The number of rotatable bonds is 5. The third kappa shape index (κ3) is 4.46. The second-order valence-electron chi connectivity index (χ2n) is 5.16. The highest BCUT2D eigenvalue weighted by Crippen LogP contribution is 2.19. The van der Waals surface area contributed by atoms with Gasteiger partial charge in [0.05, 0.1) is 18.4 Å². The van der Waals surface area contributed by atoms with Crippen LogP contribution >= 0.6 is 0 Å². The van der Waals surface area contributed by atoms with E-state index in [-0.39, 0.29) is 5.70 Å². The van der Waals surface area contributed by atoms with Gasteiger partial charge in [-0.15, -0.1) is 0 Å². The highest BCUT2D eigenvalue weighted by molar-refractivity contribution is 5.90. The quantitative estimate of drug-likeness (QED) is 0.675. The molecular weight excluding hydrogens is 306 g/mol. The SMILES string of the molecule is COC(=O)/C=C(\N)C(C)OC(=O)c1ccc(-c2ccccc2)cc1. The number of esters is 2. The number of hydrogen-bond donors (Lipinski definition) is 1. The van der Waals surface area contributed by atoms with Crippen LogP contribution in [0.5, 0.6) is 0 Å². The van der Waals surface area contributed by atoms with Crippen LogP contribution in [0.25, 0.3) is 11.1 Å². The lowest BCUT2D eigenvalue weighted by atomic mass is 10.0. The average Bonchev–Trinajstić information content (AvgIpc) is 2.62. The molecule has 0 aliphatic rings. The molecule has 124 valence electrons. The van der Waals surface area contributed by atoms with Gasteiger partial charge in [0.1, 0.15) is 6.10 Å². The second-order valence-corrected chi connectivity index (χ2v) is 5.16. The summed E-state index contributed by atoms with van der Waals surface area (Å²) in [5.74, 6) is -1.11. The summed E-state index contributed by atoms with van der Waals surface area (Å²) in [5, 5.41) is 0. The van der Waals surface area contributed by atoms with E-state index in [2.05, 4.69) is 4.74 Å². The number of methoxy groups -OCH3 is 1. The lowest BCUT2D eigenvalue weighted by molar-refractivity contribution is -0.135. The first-order valence-corrected chi connectivity index (χ1v) is 7.42. The van der Waals surface area contributed by atoms with Gasteiger partial charge in [0.25, 0.3) is 0 Å². The van der Waals surface area contributed by atoms with Gasteiger partial charge in [-0.1, -0.05) is 42.5 Å². The van der Waals surface area contributed by atoms with Crippen LogP contribution in [0.4, 0.5) is 0 Å². The molecule has 1 unspecified atom stereocenters. The molecule has 5 nitrogen and oxygen atoms in total. The summed E-state index contributed by atoms with van der Waals surface area (Å²) in [6.45, 7) is 1.59. The first-order chi connectivity index (χ1) is 11.5. The molecule has 0 fully saturated rings. The Labute approximate surface area is 140 Å². The van der Waals surface area contributed by atoms with Crippen LogP contribution in [-0.2, 0) is 14.3 Å². The van der Waals surface area contributed by atoms with Crippen LogP contribution in [0.15, 0.2) is 66.4 Å². The zero-order valence-corrected chi connectivity index (χ0v) is 13.6. The van der Waals surface area contributed by atoms with Crippen LogP contribution in [0.1, 0.15) is 17.3 Å². The monoisotopic (exact) mass is 325 g/mol. The van der Waals surface area contributed by atoms with Crippen molar-refractivity contribution in [2.45, 2.75) is 13.0 Å². The normalized spacial score (nSPS) is 12.3. The molecule has 2 rings (SSSR count). The van der Waals surface area contributed by atoms with E-state index in [4.69, 9.17) is 10.5 Å². The molecule has 0 aliphatic carbocycles. The molecule has 2 aromatic rings. The maximum absolute atomic E-state index is 12.1. The molecule has 0 saturated heterocycles. The van der Waals surface area contributed by atoms with Gasteiger partial charge in [0.15, 0.2) is 0 Å². The Balaban J connectivity index is 2.05. The smallest absolute Gasteiger partial charge is 0.338 e. The Morgan fingerprint density at radius 3 is 2.17 bits per heavy atom. The lowest BCUT2D eigenvalue weighted by Gasteiger charge is -2.13. The molecule has 0 aliphatic heterocycles. The summed E-state index contributed by atoms with van der Waals surface area (Å²) in [6, 6.07) is 16.9. The molecule has 1 atom stereocenters. The van der Waals surface area contributed by atoms with Crippen molar-refractivity contribution in [3.05, 3.63) is 71.9 Å². The fourth-order valence-corrected chi connectivity index (χ4v) is 2.04. The first kappa shape index (κ1) is 17.3. The molecule has 24 heavy (non-hydrogen) atoms. The summed E-state index contributed by atoms with van der Waals surface area (Å²) in [4.78, 5) is 23.3. The molecule has 5 heteroatoms. The zero-order chi connectivity index (χ0) is 17.5. The van der Waals surface area contributed by atoms with Crippen LogP contribution in [0.3, 0.4) is 0 Å². The minimum Gasteiger partial charge on any atom is -0.466 e. The largest absolute Gasteiger partial charge is 0.466 e. The third-order valence-corrected chi connectivity index (χ3v) is 3.47. The standard InChI is InChI=1S/C19H19NO4/c1-13(17(20)12-18(21)23-2)24-19(22)16-10-8-15(9-11-16)14-6-4-3-5-7-14/h3-13H,20H2,1-2H3/b17-12-. The first-order valence-electron chi connectivity index (χ1n) is 7.42. The van der Waals surface area contributed by atoms with Crippen LogP contribution in [0.2, 0.25) is 0 Å². The van der Waals surface area contributed by atoms with E-state index in [1.165, 1.54) is 7.11 Å². The molecule has 0 aromatic heterocycles. The van der Waals surface area contributed by atoms with Gasteiger partial charge in [0, 0.05) is 6.08 Å². The highest BCUT2D eigenvalue weighted by Gasteiger charge is 2.15. The summed E-state index contributed by atoms with van der Waals surface area (Å²) in [7, 11) is 1.25. The average molecular weight is 325 g/mol. The van der Waals surface area contributed by atoms with E-state index in [0.29, 0.717) is 5.56 Å². The second kappa shape index (κ2) is 7.97. The Hall–Kier alpha value is -3.08. The molecule has 0 spiro atoms. The lowest BCUT2D eigenvalue weighted by Crippen LogP contribution is -2.23. The summed E-state index contributed by atoms with van der Waals surface area (Å²) >= 11 is 0. The van der Waals surface area contributed by atoms with E-state index in [1.807, 2.05) is 42.5 Å². The van der Waals surface area contributed by atoms with E-state index < -0.39 is 18.0 Å². The van der Waals surface area contributed by atoms with Gasteiger partial charge < -0.3 is 15.2 Å². The van der Waals surface area contributed by atoms with Crippen LogP contribution < -0.4 is 5.73 Å². The van der Waals surface area contributed by atoms with Crippen LogP contribution in [0, 0.1) is 0 Å². The number of benzene rings is 2. The molecular formula is C19H19NO4. The predicted molar refractivity (Wildman–Crippen MR) is 91.0 cm³/mol. The van der Waals surface area contributed by atoms with Crippen LogP contribution in [-0.4, -0.2) is 25.2 Å². The molecule has 0 saturated carbocycles. The van der Waals surface area contributed by atoms with Gasteiger partial charge >= 0.3 is 11.9 Å². The Bertz CT molecular complexity index is 736. The Morgan fingerprint density at radius 1 is 1.00 bits per heavy atom. The number of ether oxygens (including phenoxy) is 2. The summed E-state index contributed by atoms with van der Waals surface area (Å²) < 4.78 is 9.73. The number of carbonyl (C=O) groups excluding carboxylic acids is 2. The van der Waals surface area contributed by atoms with E-state index in [0.717, 1.165) is 17.2 Å². The fourth-order valence-electron chi connectivity index (χ4n) is 2.04. The van der Waals surface area contributed by atoms with E-state index in [9.17, 15) is 9.59 Å². The number of carbonyl (C=O) groups is 2. The van der Waals surface area contributed by atoms with E-state index in [1.54, 1.807) is 19.1 Å². The molecule has 0 amide bonds. The number of nitrogens with two attached hydrogens (primary N) is 1. The molecule has 0 heterocycles. The predicted octanol–water partition coefficient (Wildman–Crippen LogP) is 2.91. The molecule has 2 aromatic carbocycles. The van der Waals surface area contributed by atoms with Gasteiger partial charge in [-0.3, -0.25) is 0 Å². The van der Waals surface area contributed by atoms with Crippen molar-refractivity contribution in [1.82, 2.24) is 0 Å². The fraction of sp³-hybridized carbons (Fsp3) is 0.158. The summed E-state index contributed by atoms with van der Waals surface area (Å²) in [6.07, 6.45) is 0.363. The van der Waals surface area contributed by atoms with Crippen molar-refractivity contribution in [2.75, 3.05) is 7.11 Å². The number of hydrogen-bond acceptors (Lipinski definition) is 5. The van der Waals surface area contributed by atoms with Crippen molar-refractivity contribution < 1.29 is 19.1 Å². The minimum atomic E-state index is -0.731. The minimum absolute atomic E-state index is 0.121. The summed E-state index contributed by atoms with van der Waals surface area (Å²) in [5.41, 5.74) is 8.30. The third-order valence-electron chi connectivity index (χ3n) is 3.47. The van der Waals surface area contributed by atoms with Crippen molar-refractivity contribution in [1.29, 1.82) is 0 Å². The van der Waals surface area contributed by atoms with Gasteiger partial charge in [0.2, 0.25) is 0 Å². The molecule has 0 radical (unpaired) electrons. The van der Waals surface area contributed by atoms with Crippen molar-refractivity contribution in [2.24, 2.45) is 5.73 Å². The van der Waals surface area contributed by atoms with Crippen molar-refractivity contribution in [3.8, 4) is 11.1 Å².